The van der Waals surface area contributed by atoms with Crippen LogP contribution in [-0.2, 0) is 16.2 Å². The fourth-order valence-corrected chi connectivity index (χ4v) is 9.22. The smallest absolute Gasteiger partial charge is 0.297 e. The number of anilines is 6. The van der Waals surface area contributed by atoms with E-state index in [1.807, 2.05) is 0 Å². The summed E-state index contributed by atoms with van der Waals surface area (Å²) >= 11 is 0. The molecule has 9 rings (SSSR count). The number of para-hydroxylation sites is 1. The molecule has 260 valence electrons. The van der Waals surface area contributed by atoms with Crippen LogP contribution in [0.5, 0.6) is 0 Å². The summed E-state index contributed by atoms with van der Waals surface area (Å²) in [5.41, 5.74) is 18.6. The molecule has 4 heteroatoms. The molecular weight excluding hydrogens is 631 g/mol. The van der Waals surface area contributed by atoms with Crippen LogP contribution in [0.4, 0.5) is 34.1 Å². The van der Waals surface area contributed by atoms with Gasteiger partial charge in [0.15, 0.2) is 0 Å². The third-order valence-electron chi connectivity index (χ3n) is 12.1. The number of benzene rings is 5. The predicted octanol–water partition coefficient (Wildman–Crippen LogP) is 11.3. The topological polar surface area (TPSA) is 19.6 Å². The van der Waals surface area contributed by atoms with Crippen molar-refractivity contribution in [3.05, 3.63) is 137 Å². The number of rotatable bonds is 3. The molecule has 0 saturated heterocycles. The highest BCUT2D eigenvalue weighted by molar-refractivity contribution is 6.99. The van der Waals surface area contributed by atoms with Crippen LogP contribution in [0.25, 0.3) is 11.1 Å². The molecule has 3 nitrogen and oxygen atoms in total. The van der Waals surface area contributed by atoms with Crippen LogP contribution in [0, 0.1) is 13.8 Å². The first-order valence-electron chi connectivity index (χ1n) is 19.0. The Hall–Kier alpha value is -4.96. The number of hydrogen-bond donors (Lipinski definition) is 0. The van der Waals surface area contributed by atoms with Gasteiger partial charge in [-0.2, -0.15) is 0 Å². The van der Waals surface area contributed by atoms with Crippen molar-refractivity contribution < 1.29 is 4.42 Å². The minimum absolute atomic E-state index is 0.0285. The van der Waals surface area contributed by atoms with Gasteiger partial charge in [0.05, 0.1) is 11.3 Å². The van der Waals surface area contributed by atoms with Gasteiger partial charge in [0.25, 0.3) is 6.71 Å². The molecule has 0 atom stereocenters. The van der Waals surface area contributed by atoms with Gasteiger partial charge in [0.2, 0.25) is 0 Å². The monoisotopic (exact) mass is 680 g/mol. The van der Waals surface area contributed by atoms with Gasteiger partial charge in [0.1, 0.15) is 5.76 Å². The van der Waals surface area contributed by atoms with Crippen molar-refractivity contribution in [3.63, 3.8) is 0 Å². The van der Waals surface area contributed by atoms with Gasteiger partial charge < -0.3 is 14.2 Å². The maximum absolute atomic E-state index is 7.41. The van der Waals surface area contributed by atoms with Crippen molar-refractivity contribution in [1.29, 1.82) is 0 Å². The molecule has 0 fully saturated rings. The van der Waals surface area contributed by atoms with Gasteiger partial charge >= 0.3 is 0 Å². The standard InChI is InChI=1S/C48H49BN2O/c1-30-27-39-42-40(28-30)51(37-24-19-33(29-31(37)2)32-15-11-10-12-16-32)38-18-14-13-17-36(38)49(42)45-43(41-44(52-45)48(8,9)26-25-47(41,6)7)50(39)35-22-20-34(21-23-35)46(3,4)5/h10-24,27-29H,25-26H2,1-9H3. The SMILES string of the molecule is Cc1cc2c3c(c1)N(c1ccc(C(C)(C)C)cc1)c1c(oc4c1C(C)(C)CCC4(C)C)B3c1ccccc1N2c1ccc(-c2ccccc2)cc1C. The van der Waals surface area contributed by atoms with E-state index in [1.165, 1.54) is 78.4 Å². The third-order valence-corrected chi connectivity index (χ3v) is 12.1. The van der Waals surface area contributed by atoms with Crippen molar-refractivity contribution in [1.82, 2.24) is 0 Å². The summed E-state index contributed by atoms with van der Waals surface area (Å²) in [6.07, 6.45) is 2.22. The molecule has 2 aliphatic heterocycles. The molecular formula is C48H49BN2O. The van der Waals surface area contributed by atoms with E-state index >= 15 is 0 Å². The van der Waals surface area contributed by atoms with E-state index in [2.05, 4.69) is 181 Å². The summed E-state index contributed by atoms with van der Waals surface area (Å²) in [7, 11) is 0. The molecule has 0 amide bonds. The van der Waals surface area contributed by atoms with Crippen molar-refractivity contribution in [2.45, 2.75) is 91.4 Å². The third kappa shape index (κ3) is 4.86. The first kappa shape index (κ1) is 32.9. The molecule has 1 aromatic heterocycles. The molecule has 0 saturated carbocycles. The lowest BCUT2D eigenvalue weighted by Crippen LogP contribution is -2.61. The molecule has 6 aromatic rings. The lowest BCUT2D eigenvalue weighted by molar-refractivity contribution is 0.282. The van der Waals surface area contributed by atoms with E-state index in [4.69, 9.17) is 4.42 Å². The Morgan fingerprint density at radius 2 is 1.29 bits per heavy atom. The maximum atomic E-state index is 7.41. The fraction of sp³-hybridized carbons (Fsp3) is 0.292. The second-order valence-corrected chi connectivity index (χ2v) is 17.8. The van der Waals surface area contributed by atoms with Crippen molar-refractivity contribution >= 4 is 57.4 Å². The summed E-state index contributed by atoms with van der Waals surface area (Å²) in [6, 6.07) is 40.8. The highest BCUT2D eigenvalue weighted by Crippen LogP contribution is 2.54. The number of furan rings is 1. The molecule has 0 bridgehead atoms. The molecule has 0 radical (unpaired) electrons. The normalized spacial score (nSPS) is 16.6. The Labute approximate surface area is 310 Å². The summed E-state index contributed by atoms with van der Waals surface area (Å²) in [4.78, 5) is 5.08. The summed E-state index contributed by atoms with van der Waals surface area (Å²) in [5.74, 6) is 1.16. The average molecular weight is 681 g/mol. The average Bonchev–Trinajstić information content (AvgIpc) is 3.53. The lowest BCUT2D eigenvalue weighted by atomic mass is 9.35. The van der Waals surface area contributed by atoms with Gasteiger partial charge in [-0.05, 0) is 119 Å². The van der Waals surface area contributed by atoms with Crippen LogP contribution in [0.1, 0.15) is 89.3 Å². The number of fused-ring (bicyclic) bond motifs is 6. The van der Waals surface area contributed by atoms with Crippen LogP contribution in [0.2, 0.25) is 0 Å². The Balaban J connectivity index is 1.34. The molecule has 0 unspecified atom stereocenters. The van der Waals surface area contributed by atoms with Crippen LogP contribution >= 0.6 is 0 Å². The van der Waals surface area contributed by atoms with E-state index < -0.39 is 0 Å². The summed E-state index contributed by atoms with van der Waals surface area (Å²) < 4.78 is 7.41. The largest absolute Gasteiger partial charge is 0.472 e. The van der Waals surface area contributed by atoms with Crippen molar-refractivity contribution in [3.8, 4) is 11.1 Å². The Kier molecular flexibility index (Phi) is 7.14. The molecule has 52 heavy (non-hydrogen) atoms. The zero-order valence-electron chi connectivity index (χ0n) is 32.2. The van der Waals surface area contributed by atoms with Crippen LogP contribution in [-0.4, -0.2) is 6.71 Å². The summed E-state index contributed by atoms with van der Waals surface area (Å²) in [5, 5.41) is 0. The minimum Gasteiger partial charge on any atom is -0.472 e. The van der Waals surface area contributed by atoms with E-state index in [-0.39, 0.29) is 23.0 Å². The number of aryl methyl sites for hydroxylation is 2. The fourth-order valence-electron chi connectivity index (χ4n) is 9.22. The zero-order chi connectivity index (χ0) is 36.3. The Morgan fingerprint density at radius 1 is 0.635 bits per heavy atom. The molecule has 3 aliphatic rings. The van der Waals surface area contributed by atoms with Crippen molar-refractivity contribution in [2.75, 3.05) is 9.80 Å². The molecule has 3 heterocycles. The van der Waals surface area contributed by atoms with Crippen LogP contribution in [0.15, 0.2) is 114 Å². The highest BCUT2D eigenvalue weighted by Gasteiger charge is 2.52. The number of nitrogens with zero attached hydrogens (tertiary/aromatic N) is 2. The van der Waals surface area contributed by atoms with E-state index in [0.717, 1.165) is 24.3 Å². The highest BCUT2D eigenvalue weighted by atomic mass is 16.3. The van der Waals surface area contributed by atoms with E-state index in [0.29, 0.717) is 0 Å². The summed E-state index contributed by atoms with van der Waals surface area (Å²) in [6.45, 7) is 21.0. The van der Waals surface area contributed by atoms with Gasteiger partial charge in [-0.25, -0.2) is 0 Å². The van der Waals surface area contributed by atoms with Crippen LogP contribution in [0.3, 0.4) is 0 Å². The zero-order valence-corrected chi connectivity index (χ0v) is 32.2. The molecule has 5 aromatic carbocycles. The molecule has 0 N–H and O–H groups in total. The molecule has 1 aliphatic carbocycles. The quantitative estimate of drug-likeness (QED) is 0.173. The van der Waals surface area contributed by atoms with Gasteiger partial charge in [-0.1, -0.05) is 115 Å². The Morgan fingerprint density at radius 3 is 1.98 bits per heavy atom. The first-order valence-corrected chi connectivity index (χ1v) is 19.0. The van der Waals surface area contributed by atoms with Gasteiger partial charge in [-0.3, -0.25) is 0 Å². The maximum Gasteiger partial charge on any atom is 0.297 e. The van der Waals surface area contributed by atoms with Crippen LogP contribution < -0.4 is 26.4 Å². The second kappa shape index (κ2) is 11.3. The molecule has 0 spiro atoms. The van der Waals surface area contributed by atoms with Gasteiger partial charge in [-0.15, -0.1) is 0 Å². The van der Waals surface area contributed by atoms with E-state index in [9.17, 15) is 0 Å². The lowest BCUT2D eigenvalue weighted by Gasteiger charge is -2.44. The predicted molar refractivity (Wildman–Crippen MR) is 222 cm³/mol. The van der Waals surface area contributed by atoms with Crippen molar-refractivity contribution in [2.24, 2.45) is 0 Å². The number of hydrogen-bond acceptors (Lipinski definition) is 3. The van der Waals surface area contributed by atoms with Gasteiger partial charge in [0, 0.05) is 39.4 Å². The Bertz CT molecular complexity index is 2370. The first-order chi connectivity index (χ1) is 24.7. The second-order valence-electron chi connectivity index (χ2n) is 17.8. The van der Waals surface area contributed by atoms with E-state index in [1.54, 1.807) is 0 Å². The minimum atomic E-state index is -0.0628.